The number of rotatable bonds is 9. The van der Waals surface area contributed by atoms with E-state index in [0.717, 1.165) is 0 Å². The third-order valence-corrected chi connectivity index (χ3v) is 7.07. The van der Waals surface area contributed by atoms with Gasteiger partial charge in [-0.1, -0.05) is 84.4 Å². The maximum Gasteiger partial charge on any atom is 0.338 e. The molecule has 1 aliphatic rings. The number of hydrogen-bond acceptors (Lipinski definition) is 9. The quantitative estimate of drug-likeness (QED) is 0.137. The highest BCUT2D eigenvalue weighted by molar-refractivity contribution is 6.20. The number of carbonyl (C=O) groups is 4. The molecular formula is C34H27ClO9. The highest BCUT2D eigenvalue weighted by Crippen LogP contribution is 2.32. The number of esters is 4. The minimum Gasteiger partial charge on any atom is -0.459 e. The Morgan fingerprint density at radius 3 is 1.25 bits per heavy atom. The van der Waals surface area contributed by atoms with E-state index < -0.39 is 60.5 Å². The Labute approximate surface area is 258 Å². The van der Waals surface area contributed by atoms with Crippen LogP contribution in [0.5, 0.6) is 0 Å². The molecule has 1 aliphatic heterocycles. The fraction of sp³-hybridized carbons (Fsp3) is 0.176. The van der Waals surface area contributed by atoms with Crippen molar-refractivity contribution in [1.29, 1.82) is 0 Å². The summed E-state index contributed by atoms with van der Waals surface area (Å²) in [6, 6.07) is 32.6. The number of carbonyl (C=O) groups excluding carboxylic acids is 4. The molecule has 9 nitrogen and oxygen atoms in total. The number of alkyl halides is 1. The standard InChI is InChI=1S/C34H27ClO9/c35-30-29(44-34(39)25-19-11-4-12-20-25)28(43-33(38)24-17-9-3-10-18-24)27(42-32(37)23-15-7-2-8-16-23)26(41-30)21-40-31(36)22-13-5-1-6-14-22/h1-20,26-30H,21H2/t26-,27-,28+,29+,30-/m1/s1. The summed E-state index contributed by atoms with van der Waals surface area (Å²) >= 11 is 6.61. The van der Waals surface area contributed by atoms with Gasteiger partial charge in [-0.2, -0.15) is 0 Å². The van der Waals surface area contributed by atoms with Gasteiger partial charge in [0.2, 0.25) is 0 Å². The first kappa shape index (κ1) is 30.5. The lowest BCUT2D eigenvalue weighted by molar-refractivity contribution is -0.209. The van der Waals surface area contributed by atoms with E-state index >= 15 is 0 Å². The predicted molar refractivity (Wildman–Crippen MR) is 158 cm³/mol. The SMILES string of the molecule is O=C(OC[C@H]1O[C@@H](Cl)[C@@H](OC(=O)c2ccccc2)[C@@H](OC(=O)c2ccccc2)[C@@H]1OC(=O)c1ccccc1)c1ccccc1. The molecule has 1 heterocycles. The fourth-order valence-corrected chi connectivity index (χ4v) is 4.84. The van der Waals surface area contributed by atoms with Crippen LogP contribution in [0.1, 0.15) is 41.4 Å². The van der Waals surface area contributed by atoms with E-state index in [9.17, 15) is 19.2 Å². The van der Waals surface area contributed by atoms with Gasteiger partial charge in [-0.15, -0.1) is 0 Å². The average Bonchev–Trinajstić information content (AvgIpc) is 3.07. The number of ether oxygens (including phenoxy) is 5. The van der Waals surface area contributed by atoms with Crippen molar-refractivity contribution in [3.05, 3.63) is 144 Å². The van der Waals surface area contributed by atoms with Crippen molar-refractivity contribution in [3.8, 4) is 0 Å². The fourth-order valence-electron chi connectivity index (χ4n) is 4.51. The van der Waals surface area contributed by atoms with Crippen molar-refractivity contribution in [3.63, 3.8) is 0 Å². The smallest absolute Gasteiger partial charge is 0.338 e. The minimum absolute atomic E-state index is 0.193. The van der Waals surface area contributed by atoms with E-state index in [0.29, 0.717) is 0 Å². The van der Waals surface area contributed by atoms with Crippen LogP contribution in [0.25, 0.3) is 0 Å². The van der Waals surface area contributed by atoms with Gasteiger partial charge in [0.05, 0.1) is 22.3 Å². The molecule has 224 valence electrons. The predicted octanol–water partition coefficient (Wildman–Crippen LogP) is 5.48. The topological polar surface area (TPSA) is 114 Å². The number of benzene rings is 4. The monoisotopic (exact) mass is 614 g/mol. The first-order chi connectivity index (χ1) is 21.4. The van der Waals surface area contributed by atoms with Gasteiger partial charge in [-0.25, -0.2) is 19.2 Å². The molecule has 1 saturated heterocycles. The zero-order valence-electron chi connectivity index (χ0n) is 23.2. The van der Waals surface area contributed by atoms with Crippen LogP contribution in [0, 0.1) is 0 Å². The van der Waals surface area contributed by atoms with Crippen molar-refractivity contribution in [1.82, 2.24) is 0 Å². The van der Waals surface area contributed by atoms with Crippen LogP contribution in [0.2, 0.25) is 0 Å². The van der Waals surface area contributed by atoms with E-state index in [4.69, 9.17) is 35.3 Å². The van der Waals surface area contributed by atoms with Gasteiger partial charge in [0.1, 0.15) is 12.7 Å². The summed E-state index contributed by atoms with van der Waals surface area (Å²) in [5.74, 6) is -3.00. The number of halogens is 1. The summed E-state index contributed by atoms with van der Waals surface area (Å²) in [6.45, 7) is -0.428. The van der Waals surface area contributed by atoms with E-state index in [-0.39, 0.29) is 22.3 Å². The first-order valence-corrected chi connectivity index (χ1v) is 14.1. The van der Waals surface area contributed by atoms with Gasteiger partial charge in [0, 0.05) is 0 Å². The molecule has 5 rings (SSSR count). The normalized spacial score (nSPS) is 21.0. The lowest BCUT2D eigenvalue weighted by Gasteiger charge is -2.42. The van der Waals surface area contributed by atoms with Crippen molar-refractivity contribution >= 4 is 35.5 Å². The van der Waals surface area contributed by atoms with E-state index in [1.165, 1.54) is 12.1 Å². The van der Waals surface area contributed by atoms with E-state index in [1.54, 1.807) is 109 Å². The number of hydrogen-bond donors (Lipinski definition) is 0. The van der Waals surface area contributed by atoms with Crippen LogP contribution >= 0.6 is 11.6 Å². The van der Waals surface area contributed by atoms with Crippen molar-refractivity contribution in [2.24, 2.45) is 0 Å². The van der Waals surface area contributed by atoms with Gasteiger partial charge in [0.25, 0.3) is 0 Å². The molecule has 1 fully saturated rings. The zero-order chi connectivity index (χ0) is 30.9. The van der Waals surface area contributed by atoms with Crippen LogP contribution in [-0.2, 0) is 23.7 Å². The lowest BCUT2D eigenvalue weighted by Crippen LogP contribution is -2.61. The maximum atomic E-state index is 13.3. The van der Waals surface area contributed by atoms with E-state index in [1.807, 2.05) is 0 Å². The van der Waals surface area contributed by atoms with Crippen molar-refractivity contribution < 1.29 is 42.9 Å². The Balaban J connectivity index is 1.48. The highest BCUT2D eigenvalue weighted by atomic mass is 35.5. The summed E-state index contributed by atoms with van der Waals surface area (Å²) in [4.78, 5) is 52.5. The molecule has 44 heavy (non-hydrogen) atoms. The van der Waals surface area contributed by atoms with Crippen LogP contribution in [0.4, 0.5) is 0 Å². The molecule has 5 atom stereocenters. The summed E-state index contributed by atoms with van der Waals surface area (Å²) in [7, 11) is 0. The van der Waals surface area contributed by atoms with E-state index in [2.05, 4.69) is 0 Å². The molecule has 0 N–H and O–H groups in total. The molecule has 0 unspecified atom stereocenters. The van der Waals surface area contributed by atoms with Gasteiger partial charge < -0.3 is 23.7 Å². The lowest BCUT2D eigenvalue weighted by atomic mass is 9.98. The summed E-state index contributed by atoms with van der Waals surface area (Å²) < 4.78 is 28.9. The maximum absolute atomic E-state index is 13.3. The zero-order valence-corrected chi connectivity index (χ0v) is 23.9. The van der Waals surface area contributed by atoms with Crippen LogP contribution in [-0.4, -0.2) is 60.5 Å². The van der Waals surface area contributed by atoms with Crippen molar-refractivity contribution in [2.45, 2.75) is 30.0 Å². The molecule has 0 aliphatic carbocycles. The molecule has 4 aromatic carbocycles. The molecule has 0 bridgehead atoms. The Morgan fingerprint density at radius 1 is 0.500 bits per heavy atom. The third kappa shape index (κ3) is 7.50. The van der Waals surface area contributed by atoms with Crippen molar-refractivity contribution in [2.75, 3.05) is 6.61 Å². The molecule has 0 radical (unpaired) electrons. The molecular weight excluding hydrogens is 588 g/mol. The Bertz CT molecular complexity index is 1570. The minimum atomic E-state index is -1.46. The first-order valence-electron chi connectivity index (χ1n) is 13.7. The summed E-state index contributed by atoms with van der Waals surface area (Å²) in [5.41, 5.74) is -0.500. The third-order valence-electron chi connectivity index (χ3n) is 6.72. The van der Waals surface area contributed by atoms with Gasteiger partial charge in [-0.05, 0) is 48.5 Å². The average molecular weight is 615 g/mol. The van der Waals surface area contributed by atoms with Gasteiger partial charge >= 0.3 is 23.9 Å². The van der Waals surface area contributed by atoms with Gasteiger partial charge in [0.15, 0.2) is 23.9 Å². The molecule has 4 aromatic rings. The Morgan fingerprint density at radius 2 is 0.841 bits per heavy atom. The molecule has 0 spiro atoms. The molecule has 10 heteroatoms. The van der Waals surface area contributed by atoms with Gasteiger partial charge in [-0.3, -0.25) is 0 Å². The summed E-state index contributed by atoms with van der Waals surface area (Å²) in [5, 5.41) is 0. The van der Waals surface area contributed by atoms with Crippen LogP contribution < -0.4 is 0 Å². The van der Waals surface area contributed by atoms with Crippen LogP contribution in [0.3, 0.4) is 0 Å². The second kappa shape index (κ2) is 14.5. The summed E-state index contributed by atoms with van der Waals surface area (Å²) in [6.07, 6.45) is -5.51. The molecule has 0 saturated carbocycles. The molecule has 0 aromatic heterocycles. The Hall–Kier alpha value is -4.99. The largest absolute Gasteiger partial charge is 0.459 e. The second-order valence-electron chi connectivity index (χ2n) is 9.70. The molecule has 0 amide bonds. The highest BCUT2D eigenvalue weighted by Gasteiger charge is 2.52. The Kier molecular flexibility index (Phi) is 10.0. The van der Waals surface area contributed by atoms with Crippen LogP contribution in [0.15, 0.2) is 121 Å². The second-order valence-corrected chi connectivity index (χ2v) is 10.1.